The first-order chi connectivity index (χ1) is 27.8. The zero-order valence-electron chi connectivity index (χ0n) is 27.1. The first-order valence-electron chi connectivity index (χ1n) is 15.3. The van der Waals surface area contributed by atoms with Crippen LogP contribution in [0, 0.1) is 98.9 Å². The van der Waals surface area contributed by atoms with Gasteiger partial charge in [-0.1, -0.05) is 0 Å². The standard InChI is InChI=1S/C34BF23O2/c36-12-3-1-2-5(13(12)37)17(41)26(50)18(42)6(2)15(39)14(38)4(1)16(40)25(49)11(3)35(59-33(57)9-7(21(45)31(33)55)19(43)27(51)29(53)23(9)47)60-34(58)10-8(22(46)32(34)56)20(44)28(52)30(54)24(10)48. The molecular weight excluding hydrogens is 888 g/mol. The largest absolute Gasteiger partial charge is 0.503 e. The van der Waals surface area contributed by atoms with E-state index in [-0.39, 0.29) is 0 Å². The SMILES string of the molecule is FC1=C(F)C(F)(OB(OC2(F)C(F)=C(F)c3c(F)c(F)c(F)c(F)c32)c2c(F)c(F)c3c(F)c(F)c4c(F)c(F)c(F)c5c(F)c(F)c2c3c45)c2c(F)c(F)c(F)c(F)c21. The van der Waals surface area contributed by atoms with Crippen molar-refractivity contribution < 1.29 is 110 Å². The van der Waals surface area contributed by atoms with Gasteiger partial charge in [-0.2, -0.15) is 8.78 Å². The maximum atomic E-state index is 16.8. The zero-order valence-corrected chi connectivity index (χ0v) is 27.1. The summed E-state index contributed by atoms with van der Waals surface area (Å²) in [4.78, 5) is 0. The van der Waals surface area contributed by atoms with Crippen molar-refractivity contribution in [1.29, 1.82) is 0 Å². The molecule has 2 atom stereocenters. The van der Waals surface area contributed by atoms with E-state index >= 15 is 61.5 Å². The van der Waals surface area contributed by atoms with Crippen LogP contribution < -0.4 is 5.46 Å². The van der Waals surface area contributed by atoms with Gasteiger partial charge in [0, 0.05) is 21.6 Å². The molecule has 0 N–H and O–H groups in total. The van der Waals surface area contributed by atoms with Gasteiger partial charge < -0.3 is 9.31 Å². The highest BCUT2D eigenvalue weighted by atomic mass is 19.2. The minimum atomic E-state index is -5.79. The second kappa shape index (κ2) is 12.6. The Bertz CT molecular complexity index is 2980. The van der Waals surface area contributed by atoms with Crippen molar-refractivity contribution in [3.05, 3.63) is 133 Å². The fourth-order valence-electron chi connectivity index (χ4n) is 7.03. The van der Waals surface area contributed by atoms with Crippen molar-refractivity contribution in [3.63, 3.8) is 0 Å². The van der Waals surface area contributed by atoms with Gasteiger partial charge in [0.05, 0.1) is 38.4 Å². The van der Waals surface area contributed by atoms with Gasteiger partial charge in [-0.3, -0.25) is 0 Å². The van der Waals surface area contributed by atoms with E-state index in [1.54, 1.807) is 0 Å². The van der Waals surface area contributed by atoms with Crippen molar-refractivity contribution in [2.24, 2.45) is 0 Å². The molecule has 0 amide bonds. The van der Waals surface area contributed by atoms with E-state index in [0.29, 0.717) is 0 Å². The van der Waals surface area contributed by atoms with Gasteiger partial charge in [-0.05, 0) is 0 Å². The summed E-state index contributed by atoms with van der Waals surface area (Å²) in [5, 5.41) is -13.9. The van der Waals surface area contributed by atoms with E-state index in [0.717, 1.165) is 0 Å². The normalized spacial score (nSPS) is 19.1. The highest BCUT2D eigenvalue weighted by Gasteiger charge is 2.61. The molecule has 0 saturated carbocycles. The molecule has 0 saturated heterocycles. The van der Waals surface area contributed by atoms with Crippen molar-refractivity contribution in [2.75, 3.05) is 0 Å². The van der Waals surface area contributed by atoms with Gasteiger partial charge in [0.2, 0.25) is 11.7 Å². The number of benzene rings is 6. The zero-order chi connectivity index (χ0) is 44.5. The van der Waals surface area contributed by atoms with Crippen LogP contribution in [0.4, 0.5) is 101 Å². The van der Waals surface area contributed by atoms with Crippen molar-refractivity contribution in [3.8, 4) is 0 Å². The number of hydrogen-bond donors (Lipinski definition) is 0. The Morgan fingerprint density at radius 3 is 0.917 bits per heavy atom. The van der Waals surface area contributed by atoms with Gasteiger partial charge in [0.1, 0.15) is 0 Å². The molecule has 0 radical (unpaired) electrons. The molecule has 2 unspecified atom stereocenters. The molecule has 8 rings (SSSR count). The summed E-state index contributed by atoms with van der Waals surface area (Å²) >= 11 is 0. The molecular formula is C34BF23O2. The number of alkyl halides is 2. The minimum absolute atomic E-state index is 2.08. The second-order valence-corrected chi connectivity index (χ2v) is 12.5. The highest BCUT2D eigenvalue weighted by Crippen LogP contribution is 2.56. The summed E-state index contributed by atoms with van der Waals surface area (Å²) in [6.07, 6.45) is 0. The Morgan fingerprint density at radius 1 is 0.283 bits per heavy atom. The lowest BCUT2D eigenvalue weighted by Gasteiger charge is -2.31. The summed E-state index contributed by atoms with van der Waals surface area (Å²) in [7, 11) is -4.78. The molecule has 0 fully saturated rings. The van der Waals surface area contributed by atoms with Crippen LogP contribution in [0.15, 0.2) is 11.7 Å². The molecule has 0 heterocycles. The maximum Gasteiger partial charge on any atom is 0.503 e. The van der Waals surface area contributed by atoms with E-state index in [2.05, 4.69) is 9.31 Å². The Balaban J connectivity index is 1.55. The molecule has 0 spiro atoms. The molecule has 0 aliphatic heterocycles. The van der Waals surface area contributed by atoms with Crippen molar-refractivity contribution in [2.45, 2.75) is 11.7 Å². The van der Waals surface area contributed by atoms with Gasteiger partial charge in [0.15, 0.2) is 111 Å². The summed E-state index contributed by atoms with van der Waals surface area (Å²) in [5.41, 5.74) is -14.2. The van der Waals surface area contributed by atoms with Crippen molar-refractivity contribution in [1.82, 2.24) is 0 Å². The van der Waals surface area contributed by atoms with Crippen LogP contribution in [0.25, 0.3) is 44.0 Å². The molecule has 26 heteroatoms. The fraction of sp³-hybridized carbons (Fsp3) is 0.0588. The first-order valence-corrected chi connectivity index (χ1v) is 15.3. The Labute approximate surface area is 311 Å². The Morgan fingerprint density at radius 2 is 0.550 bits per heavy atom. The summed E-state index contributed by atoms with van der Waals surface area (Å²) in [6.45, 7) is 0. The highest BCUT2D eigenvalue weighted by molar-refractivity contribution is 6.65. The maximum absolute atomic E-state index is 16.8. The summed E-state index contributed by atoms with van der Waals surface area (Å²) < 4.78 is 358. The quantitative estimate of drug-likeness (QED) is 0.0565. The van der Waals surface area contributed by atoms with E-state index in [4.69, 9.17) is 0 Å². The molecule has 6 aromatic rings. The number of rotatable bonds is 5. The lowest BCUT2D eigenvalue weighted by molar-refractivity contribution is -0.113. The third-order valence-electron chi connectivity index (χ3n) is 9.60. The third kappa shape index (κ3) is 4.62. The smallest absolute Gasteiger partial charge is 0.366 e. The fourth-order valence-corrected chi connectivity index (χ4v) is 7.03. The lowest BCUT2D eigenvalue weighted by Crippen LogP contribution is -2.50. The van der Waals surface area contributed by atoms with Crippen molar-refractivity contribution >= 4 is 56.6 Å². The second-order valence-electron chi connectivity index (χ2n) is 12.5. The molecule has 60 heavy (non-hydrogen) atoms. The van der Waals surface area contributed by atoms with Crippen LogP contribution in [0.1, 0.15) is 22.3 Å². The molecule has 0 bridgehead atoms. The van der Waals surface area contributed by atoms with Gasteiger partial charge in [0.25, 0.3) is 11.7 Å². The minimum Gasteiger partial charge on any atom is -0.366 e. The average Bonchev–Trinajstić information content (AvgIpc) is 3.52. The van der Waals surface area contributed by atoms with E-state index in [9.17, 15) is 39.5 Å². The van der Waals surface area contributed by atoms with Gasteiger partial charge in [-0.25, -0.2) is 92.2 Å². The first kappa shape index (κ1) is 41.0. The van der Waals surface area contributed by atoms with E-state index in [1.807, 2.05) is 0 Å². The number of halogens is 23. The topological polar surface area (TPSA) is 18.5 Å². The molecule has 6 aromatic carbocycles. The average molecular weight is 888 g/mol. The Kier molecular flexibility index (Phi) is 8.62. The predicted molar refractivity (Wildman–Crippen MR) is 154 cm³/mol. The van der Waals surface area contributed by atoms with Crippen LogP contribution in [0.5, 0.6) is 0 Å². The lowest BCUT2D eigenvalue weighted by atomic mass is 9.72. The number of hydrogen-bond acceptors (Lipinski definition) is 2. The van der Waals surface area contributed by atoms with Crippen LogP contribution >= 0.6 is 0 Å². The van der Waals surface area contributed by atoms with E-state index in [1.165, 1.54) is 0 Å². The van der Waals surface area contributed by atoms with Gasteiger partial charge in [-0.15, -0.1) is 0 Å². The molecule has 0 aromatic heterocycles. The van der Waals surface area contributed by atoms with Crippen LogP contribution in [-0.2, 0) is 21.0 Å². The predicted octanol–water partition coefficient (Wildman–Crippen LogP) is 11.6. The van der Waals surface area contributed by atoms with E-state index < -0.39 is 201 Å². The number of fused-ring (bicyclic) bond motifs is 2. The van der Waals surface area contributed by atoms with Crippen LogP contribution in [-0.4, -0.2) is 7.12 Å². The van der Waals surface area contributed by atoms with Crippen LogP contribution in [0.2, 0.25) is 0 Å². The summed E-state index contributed by atoms with van der Waals surface area (Å²) in [6, 6.07) is 0. The van der Waals surface area contributed by atoms with Crippen LogP contribution in [0.3, 0.4) is 0 Å². The molecule has 2 aliphatic rings. The molecule has 2 nitrogen and oxygen atoms in total. The molecule has 2 aliphatic carbocycles. The third-order valence-corrected chi connectivity index (χ3v) is 9.60. The molecule has 312 valence electrons. The Hall–Kier alpha value is -5.79. The summed E-state index contributed by atoms with van der Waals surface area (Å²) in [5.74, 6) is -77.4. The van der Waals surface area contributed by atoms with Gasteiger partial charge >= 0.3 is 7.12 Å². The monoisotopic (exact) mass is 888 g/mol.